The Morgan fingerprint density at radius 1 is 1.12 bits per heavy atom. The summed E-state index contributed by atoms with van der Waals surface area (Å²) in [4.78, 5) is 12.6. The van der Waals surface area contributed by atoms with Crippen LogP contribution in [0.25, 0.3) is 0 Å². The second kappa shape index (κ2) is 9.76. The van der Waals surface area contributed by atoms with Gasteiger partial charge in [-0.05, 0) is 76.8 Å². The normalized spacial score (nSPS) is 10.9. The van der Waals surface area contributed by atoms with E-state index in [0.717, 1.165) is 16.7 Å². The average Bonchev–Trinajstić information content (AvgIpc) is 3.39. The first-order chi connectivity index (χ1) is 15.8. The molecule has 4 aromatic rings. The Morgan fingerprint density at radius 3 is 2.52 bits per heavy atom. The number of nitrogens with zero attached hydrogens (tertiary/aromatic N) is 4. The van der Waals surface area contributed by atoms with Gasteiger partial charge >= 0.3 is 0 Å². The first-order valence-corrected chi connectivity index (χ1v) is 11.2. The molecule has 0 unspecified atom stereocenters. The number of hydrogen-bond donors (Lipinski definition) is 1. The largest absolute Gasteiger partial charge is 0.471 e. The average molecular weight is 533 g/mol. The lowest BCUT2D eigenvalue weighted by atomic mass is 10.1. The van der Waals surface area contributed by atoms with Crippen LogP contribution in [0.5, 0.6) is 5.75 Å². The van der Waals surface area contributed by atoms with Crippen molar-refractivity contribution in [2.75, 3.05) is 5.32 Å². The van der Waals surface area contributed by atoms with Crippen molar-refractivity contribution in [2.24, 2.45) is 0 Å². The molecular formula is C23H20BrClFN5O2. The van der Waals surface area contributed by atoms with Crippen molar-refractivity contribution in [2.45, 2.75) is 27.1 Å². The third kappa shape index (κ3) is 5.61. The molecule has 0 saturated carbocycles. The SMILES string of the molecule is Cc1cc(OCn2ccc(C(=O)Nc3nn(Cc4ccc(F)cc4)cc3Br)n2)cc(C)c1Cl. The van der Waals surface area contributed by atoms with Crippen LogP contribution in [-0.2, 0) is 13.3 Å². The minimum Gasteiger partial charge on any atom is -0.471 e. The maximum absolute atomic E-state index is 13.1. The third-order valence-electron chi connectivity index (χ3n) is 4.85. The second-order valence-electron chi connectivity index (χ2n) is 7.49. The summed E-state index contributed by atoms with van der Waals surface area (Å²) in [5.41, 5.74) is 2.96. The van der Waals surface area contributed by atoms with Crippen molar-refractivity contribution in [3.63, 3.8) is 0 Å². The Morgan fingerprint density at radius 2 is 1.82 bits per heavy atom. The predicted octanol–water partition coefficient (Wildman–Crippen LogP) is 5.59. The summed E-state index contributed by atoms with van der Waals surface area (Å²) in [6, 6.07) is 11.5. The molecule has 0 aliphatic heterocycles. The first-order valence-electron chi connectivity index (χ1n) is 10.0. The lowest BCUT2D eigenvalue weighted by Gasteiger charge is -2.10. The summed E-state index contributed by atoms with van der Waals surface area (Å²) >= 11 is 9.59. The molecule has 0 radical (unpaired) electrons. The van der Waals surface area contributed by atoms with E-state index in [1.165, 1.54) is 16.8 Å². The maximum Gasteiger partial charge on any atom is 0.277 e. The molecule has 0 aliphatic rings. The fraction of sp³-hybridized carbons (Fsp3) is 0.174. The molecule has 0 fully saturated rings. The number of hydrogen-bond acceptors (Lipinski definition) is 4. The molecule has 1 N–H and O–H groups in total. The monoisotopic (exact) mass is 531 g/mol. The number of anilines is 1. The number of rotatable bonds is 7. The van der Waals surface area contributed by atoms with Crippen LogP contribution < -0.4 is 10.1 Å². The van der Waals surface area contributed by atoms with Gasteiger partial charge in [-0.25, -0.2) is 9.07 Å². The van der Waals surface area contributed by atoms with E-state index in [1.807, 2.05) is 26.0 Å². The maximum atomic E-state index is 13.1. The minimum atomic E-state index is -0.403. The molecular weight excluding hydrogens is 513 g/mol. The Hall–Kier alpha value is -3.17. The Bertz CT molecular complexity index is 1280. The van der Waals surface area contributed by atoms with E-state index < -0.39 is 5.91 Å². The predicted molar refractivity (Wildman–Crippen MR) is 127 cm³/mol. The fourth-order valence-corrected chi connectivity index (χ4v) is 3.72. The van der Waals surface area contributed by atoms with Crippen LogP contribution in [0, 0.1) is 19.7 Å². The van der Waals surface area contributed by atoms with Gasteiger partial charge in [0, 0.05) is 17.4 Å². The second-order valence-corrected chi connectivity index (χ2v) is 8.72. The smallest absolute Gasteiger partial charge is 0.277 e. The van der Waals surface area contributed by atoms with Crippen molar-refractivity contribution >= 4 is 39.3 Å². The van der Waals surface area contributed by atoms with Crippen LogP contribution in [-0.4, -0.2) is 25.5 Å². The minimum absolute atomic E-state index is 0.143. The molecule has 1 amide bonds. The summed E-state index contributed by atoms with van der Waals surface area (Å²) in [5, 5.41) is 12.1. The van der Waals surface area contributed by atoms with Crippen LogP contribution in [0.2, 0.25) is 5.02 Å². The Kier molecular flexibility index (Phi) is 6.80. The number of halogens is 3. The quantitative estimate of drug-likeness (QED) is 0.337. The third-order valence-corrected chi connectivity index (χ3v) is 6.03. The number of carbonyl (C=O) groups excluding carboxylic acids is 1. The topological polar surface area (TPSA) is 74.0 Å². The molecule has 0 atom stereocenters. The van der Waals surface area contributed by atoms with Gasteiger partial charge in [0.05, 0.1) is 11.0 Å². The van der Waals surface area contributed by atoms with Crippen molar-refractivity contribution < 1.29 is 13.9 Å². The highest BCUT2D eigenvalue weighted by atomic mass is 79.9. The van der Waals surface area contributed by atoms with Gasteiger partial charge in [-0.15, -0.1) is 0 Å². The van der Waals surface area contributed by atoms with E-state index in [-0.39, 0.29) is 18.2 Å². The van der Waals surface area contributed by atoms with Crippen molar-refractivity contribution in [3.05, 3.63) is 92.6 Å². The summed E-state index contributed by atoms with van der Waals surface area (Å²) in [6.07, 6.45) is 3.40. The van der Waals surface area contributed by atoms with Crippen LogP contribution in [0.1, 0.15) is 27.2 Å². The van der Waals surface area contributed by atoms with Gasteiger partial charge in [-0.1, -0.05) is 23.7 Å². The van der Waals surface area contributed by atoms with E-state index in [4.69, 9.17) is 16.3 Å². The fourth-order valence-electron chi connectivity index (χ4n) is 3.20. The van der Waals surface area contributed by atoms with Gasteiger partial charge in [-0.2, -0.15) is 10.2 Å². The zero-order valence-electron chi connectivity index (χ0n) is 17.8. The Balaban J connectivity index is 1.37. The number of carbonyl (C=O) groups is 1. The van der Waals surface area contributed by atoms with Gasteiger partial charge in [0.1, 0.15) is 11.6 Å². The van der Waals surface area contributed by atoms with Gasteiger partial charge < -0.3 is 10.1 Å². The molecule has 0 bridgehead atoms. The van der Waals surface area contributed by atoms with E-state index in [1.54, 1.807) is 35.3 Å². The highest BCUT2D eigenvalue weighted by Gasteiger charge is 2.15. The highest BCUT2D eigenvalue weighted by Crippen LogP contribution is 2.26. The summed E-state index contributed by atoms with van der Waals surface area (Å²) in [5.74, 6) is 0.336. The molecule has 7 nitrogen and oxygen atoms in total. The van der Waals surface area contributed by atoms with E-state index in [0.29, 0.717) is 27.6 Å². The van der Waals surface area contributed by atoms with Crippen molar-refractivity contribution in [1.82, 2.24) is 19.6 Å². The molecule has 4 rings (SSSR count). The number of benzene rings is 2. The molecule has 33 heavy (non-hydrogen) atoms. The van der Waals surface area contributed by atoms with E-state index in [9.17, 15) is 9.18 Å². The number of aromatic nitrogens is 4. The van der Waals surface area contributed by atoms with Gasteiger partial charge in [-0.3, -0.25) is 9.48 Å². The lowest BCUT2D eigenvalue weighted by molar-refractivity contribution is 0.101. The van der Waals surface area contributed by atoms with Crippen LogP contribution in [0.4, 0.5) is 10.2 Å². The molecule has 0 spiro atoms. The molecule has 2 aromatic heterocycles. The Labute approximate surface area is 203 Å². The molecule has 0 aliphatic carbocycles. The van der Waals surface area contributed by atoms with E-state index in [2.05, 4.69) is 31.4 Å². The number of amides is 1. The zero-order chi connectivity index (χ0) is 23.5. The summed E-state index contributed by atoms with van der Waals surface area (Å²) < 4.78 is 22.6. The summed E-state index contributed by atoms with van der Waals surface area (Å²) in [6.45, 7) is 4.41. The highest BCUT2D eigenvalue weighted by molar-refractivity contribution is 9.10. The van der Waals surface area contributed by atoms with Gasteiger partial charge in [0.25, 0.3) is 5.91 Å². The first kappa shape index (κ1) is 23.0. The molecule has 170 valence electrons. The molecule has 10 heteroatoms. The van der Waals surface area contributed by atoms with Crippen molar-refractivity contribution in [1.29, 1.82) is 0 Å². The number of nitrogens with one attached hydrogen (secondary N) is 1. The zero-order valence-corrected chi connectivity index (χ0v) is 20.2. The molecule has 2 heterocycles. The van der Waals surface area contributed by atoms with E-state index >= 15 is 0 Å². The lowest BCUT2D eigenvalue weighted by Crippen LogP contribution is -2.15. The molecule has 2 aromatic carbocycles. The van der Waals surface area contributed by atoms with Gasteiger partial charge in [0.2, 0.25) is 0 Å². The summed E-state index contributed by atoms with van der Waals surface area (Å²) in [7, 11) is 0. The van der Waals surface area contributed by atoms with Gasteiger partial charge in [0.15, 0.2) is 18.2 Å². The van der Waals surface area contributed by atoms with Crippen molar-refractivity contribution in [3.8, 4) is 5.75 Å². The van der Waals surface area contributed by atoms with Crippen LogP contribution in [0.15, 0.2) is 59.3 Å². The molecule has 0 saturated heterocycles. The standard InChI is InChI=1S/C23H20BrClFN5O2/c1-14-9-18(10-15(2)21(14)25)33-13-30-8-7-20(28-30)23(32)27-22-19(24)12-31(29-22)11-16-3-5-17(26)6-4-16/h3-10,12H,11,13H2,1-2H3,(H,27,29,32). The van der Waals surface area contributed by atoms with Crippen LogP contribution >= 0.6 is 27.5 Å². The number of ether oxygens (including phenoxy) is 1. The number of aryl methyl sites for hydroxylation is 2. The van der Waals surface area contributed by atoms with Crippen LogP contribution in [0.3, 0.4) is 0 Å².